The molecule has 1 N–H and O–H groups in total. The molecule has 5 heteroatoms. The van der Waals surface area contributed by atoms with Crippen molar-refractivity contribution in [1.29, 1.82) is 0 Å². The van der Waals surface area contributed by atoms with Crippen molar-refractivity contribution in [2.45, 2.75) is 39.0 Å². The molecule has 0 bridgehead atoms. The predicted molar refractivity (Wildman–Crippen MR) is 84.5 cm³/mol. The number of aryl methyl sites for hydroxylation is 1. The van der Waals surface area contributed by atoms with Gasteiger partial charge >= 0.3 is 0 Å². The molecule has 0 aromatic heterocycles. The van der Waals surface area contributed by atoms with Crippen LogP contribution in [0.4, 0.5) is 5.69 Å². The van der Waals surface area contributed by atoms with E-state index in [2.05, 4.69) is 5.32 Å². The van der Waals surface area contributed by atoms with Crippen LogP contribution in [-0.2, 0) is 9.59 Å². The zero-order chi connectivity index (χ0) is 15.2. The molecule has 0 aliphatic carbocycles. The third kappa shape index (κ3) is 4.74. The fraction of sp³-hybridized carbons (Fsp3) is 0.500. The minimum absolute atomic E-state index is 0.0902. The van der Waals surface area contributed by atoms with Gasteiger partial charge in [0, 0.05) is 23.8 Å². The molecule has 1 fully saturated rings. The van der Waals surface area contributed by atoms with Crippen LogP contribution in [0, 0.1) is 6.92 Å². The first-order valence-electron chi connectivity index (χ1n) is 7.40. The molecule has 1 aromatic rings. The maximum atomic E-state index is 12.1. The zero-order valence-electron chi connectivity index (χ0n) is 12.3. The van der Waals surface area contributed by atoms with Crippen LogP contribution < -0.4 is 5.32 Å². The summed E-state index contributed by atoms with van der Waals surface area (Å²) < 4.78 is 0. The van der Waals surface area contributed by atoms with E-state index in [1.807, 2.05) is 13.0 Å². The van der Waals surface area contributed by atoms with Gasteiger partial charge in [0.25, 0.3) is 0 Å². The lowest BCUT2D eigenvalue weighted by Gasteiger charge is -2.20. The maximum Gasteiger partial charge on any atom is 0.233 e. The van der Waals surface area contributed by atoms with Gasteiger partial charge in [-0.15, -0.1) is 0 Å². The van der Waals surface area contributed by atoms with Crippen molar-refractivity contribution in [1.82, 2.24) is 4.90 Å². The summed E-state index contributed by atoms with van der Waals surface area (Å²) in [5.74, 6) is -0.378. The van der Waals surface area contributed by atoms with E-state index < -0.39 is 0 Å². The van der Waals surface area contributed by atoms with E-state index in [9.17, 15) is 9.59 Å². The molecule has 0 atom stereocenters. The molecule has 4 nitrogen and oxygen atoms in total. The molecule has 1 aliphatic rings. The van der Waals surface area contributed by atoms with Crippen LogP contribution in [0.15, 0.2) is 18.2 Å². The summed E-state index contributed by atoms with van der Waals surface area (Å²) in [6.45, 7) is 3.43. The molecule has 2 rings (SSSR count). The second kappa shape index (κ2) is 7.46. The molecule has 0 saturated carbocycles. The highest BCUT2D eigenvalue weighted by Gasteiger charge is 2.18. The van der Waals surface area contributed by atoms with Crippen LogP contribution >= 0.6 is 11.6 Å². The highest BCUT2D eigenvalue weighted by atomic mass is 35.5. The predicted octanol–water partition coefficient (Wildman–Crippen LogP) is 3.38. The van der Waals surface area contributed by atoms with Gasteiger partial charge in [0.1, 0.15) is 6.42 Å². The smallest absolute Gasteiger partial charge is 0.233 e. The quantitative estimate of drug-likeness (QED) is 0.870. The number of benzene rings is 1. The molecular formula is C16H21ClN2O2. The topological polar surface area (TPSA) is 49.4 Å². The first-order valence-corrected chi connectivity index (χ1v) is 7.78. The normalized spacial score (nSPS) is 15.4. The van der Waals surface area contributed by atoms with Gasteiger partial charge in [0.2, 0.25) is 11.8 Å². The second-order valence-corrected chi connectivity index (χ2v) is 5.89. The summed E-state index contributed by atoms with van der Waals surface area (Å²) in [5.41, 5.74) is 1.58. The van der Waals surface area contributed by atoms with Gasteiger partial charge < -0.3 is 10.2 Å². The van der Waals surface area contributed by atoms with Gasteiger partial charge in [-0.2, -0.15) is 0 Å². The highest BCUT2D eigenvalue weighted by Crippen LogP contribution is 2.20. The van der Waals surface area contributed by atoms with E-state index in [1.165, 1.54) is 0 Å². The molecule has 1 saturated heterocycles. The van der Waals surface area contributed by atoms with Gasteiger partial charge in [0.15, 0.2) is 0 Å². The Morgan fingerprint density at radius 2 is 1.86 bits per heavy atom. The van der Waals surface area contributed by atoms with Crippen LogP contribution in [0.2, 0.25) is 5.02 Å². The van der Waals surface area contributed by atoms with Crippen LogP contribution in [0.5, 0.6) is 0 Å². The molecule has 0 spiro atoms. The Bertz CT molecular complexity index is 523. The van der Waals surface area contributed by atoms with Crippen molar-refractivity contribution in [3.05, 3.63) is 28.8 Å². The minimum atomic E-state index is -0.288. The van der Waals surface area contributed by atoms with Gasteiger partial charge in [-0.25, -0.2) is 0 Å². The van der Waals surface area contributed by atoms with Crippen molar-refractivity contribution < 1.29 is 9.59 Å². The Labute approximate surface area is 130 Å². The Morgan fingerprint density at radius 3 is 2.48 bits per heavy atom. The molecular weight excluding hydrogens is 288 g/mol. The number of halogens is 1. The van der Waals surface area contributed by atoms with Crippen LogP contribution in [0.25, 0.3) is 0 Å². The van der Waals surface area contributed by atoms with Crippen LogP contribution in [0.1, 0.15) is 37.7 Å². The summed E-state index contributed by atoms with van der Waals surface area (Å²) in [4.78, 5) is 25.9. The summed E-state index contributed by atoms with van der Waals surface area (Å²) in [6, 6.07) is 5.33. The van der Waals surface area contributed by atoms with Crippen molar-refractivity contribution in [3.63, 3.8) is 0 Å². The molecule has 0 radical (unpaired) electrons. The number of anilines is 1. The summed E-state index contributed by atoms with van der Waals surface area (Å²) in [6.07, 6.45) is 4.28. The van der Waals surface area contributed by atoms with Crippen molar-refractivity contribution >= 4 is 29.1 Å². The van der Waals surface area contributed by atoms with Crippen molar-refractivity contribution in [3.8, 4) is 0 Å². The van der Waals surface area contributed by atoms with E-state index in [0.717, 1.165) is 44.3 Å². The number of hydrogen-bond donors (Lipinski definition) is 1. The summed E-state index contributed by atoms with van der Waals surface area (Å²) in [7, 11) is 0. The Hall–Kier alpha value is -1.55. The molecule has 1 aromatic carbocycles. The van der Waals surface area contributed by atoms with E-state index in [1.54, 1.807) is 17.0 Å². The average molecular weight is 309 g/mol. The summed E-state index contributed by atoms with van der Waals surface area (Å²) in [5, 5.41) is 3.33. The van der Waals surface area contributed by atoms with Crippen LogP contribution in [-0.4, -0.2) is 29.8 Å². The highest BCUT2D eigenvalue weighted by molar-refractivity contribution is 6.31. The number of hydrogen-bond acceptors (Lipinski definition) is 2. The Balaban J connectivity index is 1.88. The fourth-order valence-electron chi connectivity index (χ4n) is 2.45. The minimum Gasteiger partial charge on any atom is -0.342 e. The first kappa shape index (κ1) is 15.8. The van der Waals surface area contributed by atoms with Gasteiger partial charge in [0.05, 0.1) is 0 Å². The largest absolute Gasteiger partial charge is 0.342 e. The van der Waals surface area contributed by atoms with Gasteiger partial charge in [-0.1, -0.05) is 30.5 Å². The first-order chi connectivity index (χ1) is 10.1. The number of rotatable bonds is 3. The molecule has 2 amide bonds. The van der Waals surface area contributed by atoms with Crippen molar-refractivity contribution in [2.75, 3.05) is 18.4 Å². The van der Waals surface area contributed by atoms with E-state index >= 15 is 0 Å². The number of nitrogens with zero attached hydrogens (tertiary/aromatic N) is 1. The second-order valence-electron chi connectivity index (χ2n) is 5.48. The van der Waals surface area contributed by atoms with Crippen LogP contribution in [0.3, 0.4) is 0 Å². The maximum absolute atomic E-state index is 12.1. The van der Waals surface area contributed by atoms with Gasteiger partial charge in [-0.05, 0) is 37.5 Å². The monoisotopic (exact) mass is 308 g/mol. The van der Waals surface area contributed by atoms with E-state index in [4.69, 9.17) is 11.6 Å². The molecule has 1 heterocycles. The fourth-order valence-corrected chi connectivity index (χ4v) is 2.63. The molecule has 21 heavy (non-hydrogen) atoms. The molecule has 1 aliphatic heterocycles. The third-order valence-corrected chi connectivity index (χ3v) is 4.13. The molecule has 114 valence electrons. The SMILES string of the molecule is Cc1ccc(NC(=O)CC(=O)N2CCCCCC2)cc1Cl. The lowest BCUT2D eigenvalue weighted by Crippen LogP contribution is -2.34. The number of nitrogens with one attached hydrogen (secondary N) is 1. The van der Waals surface area contributed by atoms with E-state index in [0.29, 0.717) is 10.7 Å². The van der Waals surface area contributed by atoms with Gasteiger partial charge in [-0.3, -0.25) is 9.59 Å². The summed E-state index contributed by atoms with van der Waals surface area (Å²) >= 11 is 6.02. The number of carbonyl (C=O) groups is 2. The average Bonchev–Trinajstić information content (AvgIpc) is 2.72. The molecule has 0 unspecified atom stereocenters. The Morgan fingerprint density at radius 1 is 1.19 bits per heavy atom. The number of amides is 2. The lowest BCUT2D eigenvalue weighted by atomic mass is 10.2. The standard InChI is InChI=1S/C16H21ClN2O2/c1-12-6-7-13(10-14(12)17)18-15(20)11-16(21)19-8-4-2-3-5-9-19/h6-7,10H,2-5,8-9,11H2,1H3,(H,18,20). The lowest BCUT2D eigenvalue weighted by molar-refractivity contribution is -0.134. The number of likely N-dealkylation sites (tertiary alicyclic amines) is 1. The van der Waals surface area contributed by atoms with Crippen molar-refractivity contribution in [2.24, 2.45) is 0 Å². The van der Waals surface area contributed by atoms with E-state index in [-0.39, 0.29) is 18.2 Å². The number of carbonyl (C=O) groups excluding carboxylic acids is 2. The third-order valence-electron chi connectivity index (χ3n) is 3.73. The Kier molecular flexibility index (Phi) is 5.62. The zero-order valence-corrected chi connectivity index (χ0v) is 13.1.